The van der Waals surface area contributed by atoms with Crippen molar-refractivity contribution >= 4 is 23.6 Å². The Morgan fingerprint density at radius 2 is 1.69 bits per heavy atom. The summed E-state index contributed by atoms with van der Waals surface area (Å²) in [7, 11) is 1.54. The van der Waals surface area contributed by atoms with Crippen molar-refractivity contribution in [2.45, 2.75) is 27.7 Å². The van der Waals surface area contributed by atoms with E-state index in [0.717, 1.165) is 27.9 Å². The summed E-state index contributed by atoms with van der Waals surface area (Å²) >= 11 is 0. The van der Waals surface area contributed by atoms with E-state index in [1.807, 2.05) is 64.1 Å². The fraction of sp³-hybridized carbons (Fsp3) is 0.304. The van der Waals surface area contributed by atoms with E-state index in [-0.39, 0.29) is 19.1 Å². The molecule has 0 aliphatic carbocycles. The number of hydrogen-bond acceptors (Lipinski definition) is 4. The third-order valence-electron chi connectivity index (χ3n) is 4.29. The van der Waals surface area contributed by atoms with Gasteiger partial charge in [-0.15, -0.1) is 0 Å². The maximum Gasteiger partial charge on any atom is 0.258 e. The van der Waals surface area contributed by atoms with Crippen molar-refractivity contribution in [1.82, 2.24) is 5.32 Å². The van der Waals surface area contributed by atoms with E-state index in [0.29, 0.717) is 11.5 Å². The maximum absolute atomic E-state index is 12.2. The molecule has 0 spiro atoms. The van der Waals surface area contributed by atoms with Gasteiger partial charge in [-0.1, -0.05) is 35.9 Å². The van der Waals surface area contributed by atoms with Crippen molar-refractivity contribution in [2.75, 3.05) is 25.6 Å². The predicted molar refractivity (Wildman–Crippen MR) is 115 cm³/mol. The first-order valence-electron chi connectivity index (χ1n) is 9.42. The Bertz CT molecular complexity index is 896. The van der Waals surface area contributed by atoms with Gasteiger partial charge in [-0.3, -0.25) is 9.59 Å². The number of ether oxygens (including phenoxy) is 2. The van der Waals surface area contributed by atoms with Crippen LogP contribution in [0.25, 0.3) is 6.08 Å². The van der Waals surface area contributed by atoms with Crippen LogP contribution in [0.4, 0.5) is 5.69 Å². The smallest absolute Gasteiger partial charge is 0.258 e. The van der Waals surface area contributed by atoms with Gasteiger partial charge in [0.25, 0.3) is 5.91 Å². The molecule has 2 aromatic carbocycles. The summed E-state index contributed by atoms with van der Waals surface area (Å²) < 4.78 is 10.8. The lowest BCUT2D eigenvalue weighted by molar-refractivity contribution is -0.125. The molecule has 2 rings (SSSR count). The number of carbonyl (C=O) groups excluding carboxylic acids is 2. The van der Waals surface area contributed by atoms with Crippen LogP contribution in [-0.2, 0) is 9.59 Å². The van der Waals surface area contributed by atoms with Gasteiger partial charge < -0.3 is 20.1 Å². The minimum atomic E-state index is -0.392. The molecule has 0 unspecified atom stereocenters. The van der Waals surface area contributed by atoms with Gasteiger partial charge in [0.1, 0.15) is 0 Å². The van der Waals surface area contributed by atoms with Crippen LogP contribution in [0.1, 0.15) is 29.2 Å². The topological polar surface area (TPSA) is 76.7 Å². The minimum Gasteiger partial charge on any atom is -0.493 e. The van der Waals surface area contributed by atoms with E-state index in [2.05, 4.69) is 10.6 Å². The largest absolute Gasteiger partial charge is 0.493 e. The number of hydrogen-bond donors (Lipinski definition) is 2. The summed E-state index contributed by atoms with van der Waals surface area (Å²) in [5, 5.41) is 5.41. The van der Waals surface area contributed by atoms with Crippen molar-refractivity contribution in [1.29, 1.82) is 0 Å². The molecule has 2 amide bonds. The Kier molecular flexibility index (Phi) is 7.83. The third kappa shape index (κ3) is 6.38. The first kappa shape index (κ1) is 22.0. The Balaban J connectivity index is 1.87. The molecule has 0 saturated heterocycles. The lowest BCUT2D eigenvalue weighted by Crippen LogP contribution is -2.36. The summed E-state index contributed by atoms with van der Waals surface area (Å²) in [5.74, 6) is 0.321. The highest BCUT2D eigenvalue weighted by Crippen LogP contribution is 2.28. The van der Waals surface area contributed by atoms with Crippen LogP contribution in [0.15, 0.2) is 36.4 Å². The molecular formula is C23H28N2O4. The SMILES string of the molecule is C/C=C\c1ccc(OCC(=O)NCC(=O)Nc2c(C)cc(C)cc2C)c(OC)c1. The summed E-state index contributed by atoms with van der Waals surface area (Å²) in [6, 6.07) is 9.45. The molecule has 2 N–H and O–H groups in total. The first-order chi connectivity index (χ1) is 13.8. The lowest BCUT2D eigenvalue weighted by Gasteiger charge is -2.14. The molecule has 29 heavy (non-hydrogen) atoms. The highest BCUT2D eigenvalue weighted by molar-refractivity contribution is 5.96. The maximum atomic E-state index is 12.2. The fourth-order valence-electron chi connectivity index (χ4n) is 3.03. The molecule has 0 heterocycles. The first-order valence-corrected chi connectivity index (χ1v) is 9.42. The molecule has 0 radical (unpaired) electrons. The highest BCUT2D eigenvalue weighted by Gasteiger charge is 2.11. The number of anilines is 1. The van der Waals surface area contributed by atoms with Gasteiger partial charge in [0.15, 0.2) is 18.1 Å². The van der Waals surface area contributed by atoms with Crippen LogP contribution in [0.5, 0.6) is 11.5 Å². The number of benzene rings is 2. The molecule has 6 nitrogen and oxygen atoms in total. The van der Waals surface area contributed by atoms with Gasteiger partial charge in [0, 0.05) is 5.69 Å². The van der Waals surface area contributed by atoms with Crippen LogP contribution in [0.3, 0.4) is 0 Å². The van der Waals surface area contributed by atoms with E-state index in [1.54, 1.807) is 13.2 Å². The monoisotopic (exact) mass is 396 g/mol. The molecule has 154 valence electrons. The Morgan fingerprint density at radius 3 is 2.31 bits per heavy atom. The second-order valence-electron chi connectivity index (χ2n) is 6.80. The van der Waals surface area contributed by atoms with Crippen LogP contribution in [-0.4, -0.2) is 32.1 Å². The van der Waals surface area contributed by atoms with Crippen molar-refractivity contribution in [2.24, 2.45) is 0 Å². The molecular weight excluding hydrogens is 368 g/mol. The van der Waals surface area contributed by atoms with Crippen LogP contribution < -0.4 is 20.1 Å². The molecule has 0 aromatic heterocycles. The van der Waals surface area contributed by atoms with Crippen LogP contribution >= 0.6 is 0 Å². The fourth-order valence-corrected chi connectivity index (χ4v) is 3.03. The second-order valence-corrected chi connectivity index (χ2v) is 6.80. The van der Waals surface area contributed by atoms with Crippen molar-refractivity contribution in [3.05, 3.63) is 58.7 Å². The third-order valence-corrected chi connectivity index (χ3v) is 4.29. The molecule has 0 aliphatic heterocycles. The summed E-state index contributed by atoms with van der Waals surface area (Å²) in [6.45, 7) is 7.48. The zero-order chi connectivity index (χ0) is 21.4. The summed E-state index contributed by atoms with van der Waals surface area (Å²) in [4.78, 5) is 24.2. The quantitative estimate of drug-likeness (QED) is 0.712. The number of allylic oxidation sites excluding steroid dienone is 1. The molecule has 0 atom stereocenters. The second kappa shape index (κ2) is 10.3. The molecule has 0 bridgehead atoms. The highest BCUT2D eigenvalue weighted by atomic mass is 16.5. The van der Waals surface area contributed by atoms with Gasteiger partial charge in [0.05, 0.1) is 13.7 Å². The standard InChI is InChI=1S/C23H28N2O4/c1-6-7-18-8-9-19(20(12-18)28-5)29-14-22(27)24-13-21(26)25-23-16(3)10-15(2)11-17(23)4/h6-12H,13-14H2,1-5H3,(H,24,27)(H,25,26)/b7-6-. The average molecular weight is 396 g/mol. The zero-order valence-corrected chi connectivity index (χ0v) is 17.6. The van der Waals surface area contributed by atoms with Crippen molar-refractivity contribution in [3.63, 3.8) is 0 Å². The van der Waals surface area contributed by atoms with Gasteiger partial charge >= 0.3 is 0 Å². The van der Waals surface area contributed by atoms with Gasteiger partial charge in [0.2, 0.25) is 5.91 Å². The van der Waals surface area contributed by atoms with E-state index < -0.39 is 5.91 Å². The normalized spacial score (nSPS) is 10.7. The van der Waals surface area contributed by atoms with Crippen LogP contribution in [0, 0.1) is 20.8 Å². The van der Waals surface area contributed by atoms with Gasteiger partial charge in [-0.25, -0.2) is 0 Å². The number of aryl methyl sites for hydroxylation is 3. The summed E-state index contributed by atoms with van der Waals surface area (Å²) in [6.07, 6.45) is 3.86. The van der Waals surface area contributed by atoms with Crippen LogP contribution in [0.2, 0.25) is 0 Å². The van der Waals surface area contributed by atoms with Gasteiger partial charge in [-0.2, -0.15) is 0 Å². The predicted octanol–water partition coefficient (Wildman–Crippen LogP) is 3.79. The lowest BCUT2D eigenvalue weighted by atomic mass is 10.1. The van der Waals surface area contributed by atoms with E-state index in [1.165, 1.54) is 0 Å². The van der Waals surface area contributed by atoms with Crippen molar-refractivity contribution in [3.8, 4) is 11.5 Å². The van der Waals surface area contributed by atoms with Crippen molar-refractivity contribution < 1.29 is 19.1 Å². The van der Waals surface area contributed by atoms with E-state index in [9.17, 15) is 9.59 Å². The molecule has 0 aliphatic rings. The number of nitrogens with one attached hydrogen (secondary N) is 2. The van der Waals surface area contributed by atoms with E-state index >= 15 is 0 Å². The minimum absolute atomic E-state index is 0.133. The Labute approximate surface area is 171 Å². The zero-order valence-electron chi connectivity index (χ0n) is 17.6. The molecule has 6 heteroatoms. The van der Waals surface area contributed by atoms with Gasteiger partial charge in [-0.05, 0) is 56.5 Å². The Hall–Kier alpha value is -3.28. The average Bonchev–Trinajstić information content (AvgIpc) is 2.68. The summed E-state index contributed by atoms with van der Waals surface area (Å²) in [5.41, 5.74) is 4.85. The number of methoxy groups -OCH3 is 1. The number of rotatable bonds is 8. The number of amides is 2. The molecule has 2 aromatic rings. The Morgan fingerprint density at radius 1 is 1.00 bits per heavy atom. The van der Waals surface area contributed by atoms with E-state index in [4.69, 9.17) is 9.47 Å². The number of carbonyl (C=O) groups is 2. The molecule has 0 saturated carbocycles. The molecule has 0 fully saturated rings.